The smallest absolute Gasteiger partial charge is 0.326 e. The molecule has 0 aliphatic heterocycles. The Labute approximate surface area is 109 Å². The van der Waals surface area contributed by atoms with E-state index in [4.69, 9.17) is 5.11 Å². The van der Waals surface area contributed by atoms with Crippen LogP contribution in [0.4, 0.5) is 0 Å². The van der Waals surface area contributed by atoms with E-state index >= 15 is 0 Å². The van der Waals surface area contributed by atoms with E-state index in [0.29, 0.717) is 6.42 Å². The number of nitrogens with one attached hydrogen (secondary N) is 1. The summed E-state index contributed by atoms with van der Waals surface area (Å²) in [7, 11) is 1.41. The maximum absolute atomic E-state index is 11.2. The number of carboxylic acids is 1. The highest BCUT2D eigenvalue weighted by molar-refractivity contribution is 5.84. The van der Waals surface area contributed by atoms with Crippen LogP contribution in [0.2, 0.25) is 0 Å². The predicted molar refractivity (Wildman–Crippen MR) is 69.4 cm³/mol. The second-order valence-corrected chi connectivity index (χ2v) is 4.45. The molecule has 0 heterocycles. The normalized spacial score (nSPS) is 12.1. The van der Waals surface area contributed by atoms with Gasteiger partial charge in [-0.3, -0.25) is 4.79 Å². The molecular weight excluding hydrogens is 234 g/mol. The van der Waals surface area contributed by atoms with Gasteiger partial charge >= 0.3 is 5.97 Å². The van der Waals surface area contributed by atoms with Gasteiger partial charge in [0.25, 0.3) is 0 Å². The molecule has 0 unspecified atom stereocenters. The summed E-state index contributed by atoms with van der Waals surface area (Å²) in [6.45, 7) is 2.06. The Balaban J connectivity index is 3.77. The van der Waals surface area contributed by atoms with Gasteiger partial charge in [0.15, 0.2) is 0 Å². The van der Waals surface area contributed by atoms with E-state index in [-0.39, 0.29) is 12.5 Å². The summed E-state index contributed by atoms with van der Waals surface area (Å²) < 4.78 is 4.65. The highest BCUT2D eigenvalue weighted by Gasteiger charge is 2.18. The molecule has 0 rings (SSSR count). The molecule has 0 saturated carbocycles. The lowest BCUT2D eigenvalue weighted by Crippen LogP contribution is -2.42. The average Bonchev–Trinajstić information content (AvgIpc) is 2.32. The summed E-state index contributed by atoms with van der Waals surface area (Å²) in [5, 5.41) is 11.4. The molecule has 1 atom stereocenters. The van der Waals surface area contributed by atoms with Crippen molar-refractivity contribution >= 4 is 11.9 Å². The minimum Gasteiger partial charge on any atom is -0.480 e. The quantitative estimate of drug-likeness (QED) is 0.556. The van der Waals surface area contributed by atoms with Crippen molar-refractivity contribution in [3.63, 3.8) is 0 Å². The summed E-state index contributed by atoms with van der Waals surface area (Å²) in [4.78, 5) is 22.2. The van der Waals surface area contributed by atoms with Gasteiger partial charge in [-0.1, -0.05) is 45.4 Å². The first-order chi connectivity index (χ1) is 8.61. The number of hydrogen-bond donors (Lipinski definition) is 2. The fourth-order valence-electron chi connectivity index (χ4n) is 1.75. The van der Waals surface area contributed by atoms with Gasteiger partial charge in [0.1, 0.15) is 12.6 Å². The van der Waals surface area contributed by atoms with Crippen LogP contribution in [-0.2, 0) is 14.3 Å². The standard InChI is InChI=1S/C13H25NO4/c1-3-4-5-6-7-8-9-11(13(16)17)14-12(15)10-18-2/h11H,3-10H2,1-2H3,(H,14,15)(H,16,17)/t11-/m1/s1. The Bertz CT molecular complexity index is 243. The van der Waals surface area contributed by atoms with E-state index < -0.39 is 12.0 Å². The lowest BCUT2D eigenvalue weighted by Gasteiger charge is -2.14. The van der Waals surface area contributed by atoms with Crippen molar-refractivity contribution in [3.8, 4) is 0 Å². The first kappa shape index (κ1) is 16.9. The lowest BCUT2D eigenvalue weighted by atomic mass is 10.1. The van der Waals surface area contributed by atoms with Crippen LogP contribution < -0.4 is 5.32 Å². The third-order valence-electron chi connectivity index (χ3n) is 2.76. The zero-order valence-corrected chi connectivity index (χ0v) is 11.4. The molecule has 106 valence electrons. The summed E-state index contributed by atoms with van der Waals surface area (Å²) in [5.41, 5.74) is 0. The highest BCUT2D eigenvalue weighted by atomic mass is 16.5. The largest absolute Gasteiger partial charge is 0.480 e. The molecule has 5 nitrogen and oxygen atoms in total. The van der Waals surface area contributed by atoms with Crippen molar-refractivity contribution in [2.24, 2.45) is 0 Å². The van der Waals surface area contributed by atoms with Gasteiger partial charge in [0.2, 0.25) is 5.91 Å². The Kier molecular flexibility index (Phi) is 10.3. The van der Waals surface area contributed by atoms with Crippen LogP contribution in [0.1, 0.15) is 51.9 Å². The van der Waals surface area contributed by atoms with Gasteiger partial charge < -0.3 is 15.2 Å². The monoisotopic (exact) mass is 259 g/mol. The number of carboxylic acid groups (broad SMARTS) is 1. The number of ether oxygens (including phenoxy) is 1. The van der Waals surface area contributed by atoms with E-state index in [1.165, 1.54) is 26.4 Å². The van der Waals surface area contributed by atoms with Gasteiger partial charge in [-0.2, -0.15) is 0 Å². The van der Waals surface area contributed by atoms with Crippen molar-refractivity contribution < 1.29 is 19.4 Å². The Morgan fingerprint density at radius 1 is 1.17 bits per heavy atom. The first-order valence-electron chi connectivity index (χ1n) is 6.63. The van der Waals surface area contributed by atoms with Crippen LogP contribution in [0.3, 0.4) is 0 Å². The molecule has 0 spiro atoms. The van der Waals surface area contributed by atoms with Crippen LogP contribution in [0.15, 0.2) is 0 Å². The number of rotatable bonds is 11. The molecule has 0 aromatic carbocycles. The third-order valence-corrected chi connectivity index (χ3v) is 2.76. The van der Waals surface area contributed by atoms with Crippen LogP contribution >= 0.6 is 0 Å². The average molecular weight is 259 g/mol. The van der Waals surface area contributed by atoms with Crippen molar-refractivity contribution in [1.29, 1.82) is 0 Å². The maximum Gasteiger partial charge on any atom is 0.326 e. The van der Waals surface area contributed by atoms with Crippen molar-refractivity contribution in [1.82, 2.24) is 5.32 Å². The summed E-state index contributed by atoms with van der Waals surface area (Å²) in [6.07, 6.45) is 7.09. The van der Waals surface area contributed by atoms with Crippen LogP contribution in [0.25, 0.3) is 0 Å². The van der Waals surface area contributed by atoms with Crippen molar-refractivity contribution in [2.45, 2.75) is 57.9 Å². The molecule has 0 fully saturated rings. The van der Waals surface area contributed by atoms with Gasteiger partial charge in [-0.05, 0) is 6.42 Å². The second kappa shape index (κ2) is 11.0. The van der Waals surface area contributed by atoms with Crippen LogP contribution in [-0.4, -0.2) is 36.7 Å². The first-order valence-corrected chi connectivity index (χ1v) is 6.63. The van der Waals surface area contributed by atoms with E-state index in [0.717, 1.165) is 19.3 Å². The molecule has 0 aliphatic carbocycles. The number of unbranched alkanes of at least 4 members (excludes halogenated alkanes) is 5. The molecule has 0 bridgehead atoms. The van der Waals surface area contributed by atoms with E-state index in [2.05, 4.69) is 17.0 Å². The lowest BCUT2D eigenvalue weighted by molar-refractivity contribution is -0.142. The van der Waals surface area contributed by atoms with Gasteiger partial charge in [-0.15, -0.1) is 0 Å². The molecule has 5 heteroatoms. The summed E-state index contributed by atoms with van der Waals surface area (Å²) in [6, 6.07) is -0.793. The fourth-order valence-corrected chi connectivity index (χ4v) is 1.75. The predicted octanol–water partition coefficient (Wildman–Crippen LogP) is 1.95. The molecule has 18 heavy (non-hydrogen) atoms. The zero-order chi connectivity index (χ0) is 13.8. The van der Waals surface area contributed by atoms with Gasteiger partial charge in [0.05, 0.1) is 0 Å². The number of carbonyl (C=O) groups is 2. The topological polar surface area (TPSA) is 75.6 Å². The van der Waals surface area contributed by atoms with E-state index in [1.807, 2.05) is 0 Å². The van der Waals surface area contributed by atoms with Crippen LogP contribution in [0.5, 0.6) is 0 Å². The van der Waals surface area contributed by atoms with E-state index in [1.54, 1.807) is 0 Å². The molecule has 0 aromatic rings. The molecule has 0 aliphatic rings. The Morgan fingerprint density at radius 2 is 1.78 bits per heavy atom. The minimum absolute atomic E-state index is 0.0969. The fraction of sp³-hybridized carbons (Fsp3) is 0.846. The molecule has 0 saturated heterocycles. The number of carbonyl (C=O) groups excluding carboxylic acids is 1. The Hall–Kier alpha value is -1.10. The van der Waals surface area contributed by atoms with E-state index in [9.17, 15) is 9.59 Å². The highest BCUT2D eigenvalue weighted by Crippen LogP contribution is 2.08. The Morgan fingerprint density at radius 3 is 2.33 bits per heavy atom. The second-order valence-electron chi connectivity index (χ2n) is 4.45. The van der Waals surface area contributed by atoms with Crippen LogP contribution in [0, 0.1) is 0 Å². The minimum atomic E-state index is -0.979. The molecule has 1 amide bonds. The summed E-state index contributed by atoms with van der Waals surface area (Å²) >= 11 is 0. The number of hydrogen-bond acceptors (Lipinski definition) is 3. The number of methoxy groups -OCH3 is 1. The number of aliphatic carboxylic acids is 1. The SMILES string of the molecule is CCCCCCCC[C@@H](NC(=O)COC)C(=O)O. The zero-order valence-electron chi connectivity index (χ0n) is 11.4. The van der Waals surface area contributed by atoms with Gasteiger partial charge in [-0.25, -0.2) is 4.79 Å². The molecular formula is C13H25NO4. The van der Waals surface area contributed by atoms with Crippen molar-refractivity contribution in [2.75, 3.05) is 13.7 Å². The van der Waals surface area contributed by atoms with Crippen molar-refractivity contribution in [3.05, 3.63) is 0 Å². The number of amides is 1. The summed E-state index contributed by atoms with van der Waals surface area (Å²) in [5.74, 6) is -1.36. The van der Waals surface area contributed by atoms with Gasteiger partial charge in [0, 0.05) is 7.11 Å². The molecule has 2 N–H and O–H groups in total. The maximum atomic E-state index is 11.2. The molecule has 0 radical (unpaired) electrons. The third kappa shape index (κ3) is 8.98. The molecule has 0 aromatic heterocycles.